The van der Waals surface area contributed by atoms with Crippen LogP contribution in [0.3, 0.4) is 0 Å². The van der Waals surface area contributed by atoms with Crippen LogP contribution in [0, 0.1) is 0 Å². The first kappa shape index (κ1) is 15.9. The lowest BCUT2D eigenvalue weighted by molar-refractivity contribution is -0.274. The van der Waals surface area contributed by atoms with E-state index in [1.165, 1.54) is 12.1 Å². The first-order valence-corrected chi connectivity index (χ1v) is 6.39. The van der Waals surface area contributed by atoms with Gasteiger partial charge >= 0.3 is 12.3 Å². The molecule has 1 heterocycles. The van der Waals surface area contributed by atoms with E-state index < -0.39 is 18.4 Å². The summed E-state index contributed by atoms with van der Waals surface area (Å²) in [4.78, 5) is 11.6. The zero-order valence-electron chi connectivity index (χ0n) is 11.5. The highest BCUT2D eigenvalue weighted by Gasteiger charge is 2.31. The van der Waals surface area contributed by atoms with Crippen LogP contribution >= 0.6 is 0 Å². The molecule has 0 saturated heterocycles. The highest BCUT2D eigenvalue weighted by molar-refractivity contribution is 5.96. The molecule has 1 aliphatic rings. The lowest BCUT2D eigenvalue weighted by Gasteiger charge is -2.22. The average Bonchev–Trinajstić information content (AvgIpc) is 2.47. The lowest BCUT2D eigenvalue weighted by Crippen LogP contribution is -2.41. The van der Waals surface area contributed by atoms with Gasteiger partial charge in [0.25, 0.3) is 0 Å². The summed E-state index contributed by atoms with van der Waals surface area (Å²) in [5.74, 6) is -0.815. The zero-order chi connectivity index (χ0) is 16.2. The van der Waals surface area contributed by atoms with Gasteiger partial charge in [-0.25, -0.2) is 4.79 Å². The number of ether oxygens (including phenoxy) is 3. The standard InChI is InChI=1S/C13H13F3N2O4/c1-2-20-12(19)10-7-17-18-11(21-10)8-3-5-9(6-4-8)22-13(14,15)16/h3-6,10,17H,2,7H2,1H3. The van der Waals surface area contributed by atoms with E-state index in [0.29, 0.717) is 5.56 Å². The topological polar surface area (TPSA) is 69.2 Å². The molecule has 2 rings (SSSR count). The Morgan fingerprint density at radius 3 is 2.68 bits per heavy atom. The van der Waals surface area contributed by atoms with E-state index in [1.54, 1.807) is 6.92 Å². The molecule has 0 amide bonds. The van der Waals surface area contributed by atoms with Crippen molar-refractivity contribution in [2.24, 2.45) is 5.10 Å². The zero-order valence-corrected chi connectivity index (χ0v) is 11.5. The van der Waals surface area contributed by atoms with Crippen LogP contribution in [-0.2, 0) is 14.3 Å². The first-order valence-electron chi connectivity index (χ1n) is 6.39. The summed E-state index contributed by atoms with van der Waals surface area (Å²) >= 11 is 0. The molecule has 1 aromatic rings. The minimum atomic E-state index is -4.75. The summed E-state index contributed by atoms with van der Waals surface area (Å²) in [7, 11) is 0. The van der Waals surface area contributed by atoms with Crippen molar-refractivity contribution >= 4 is 11.9 Å². The fourth-order valence-electron chi connectivity index (χ4n) is 1.70. The van der Waals surface area contributed by atoms with Gasteiger partial charge in [0.05, 0.1) is 13.2 Å². The van der Waals surface area contributed by atoms with Crippen LogP contribution in [0.2, 0.25) is 0 Å². The normalized spacial score (nSPS) is 17.8. The van der Waals surface area contributed by atoms with E-state index in [0.717, 1.165) is 12.1 Å². The second-order valence-corrected chi connectivity index (χ2v) is 4.21. The second kappa shape index (κ2) is 6.54. The van der Waals surface area contributed by atoms with Gasteiger partial charge in [-0.2, -0.15) is 0 Å². The largest absolute Gasteiger partial charge is 0.573 e. The van der Waals surface area contributed by atoms with E-state index in [9.17, 15) is 18.0 Å². The quantitative estimate of drug-likeness (QED) is 0.857. The van der Waals surface area contributed by atoms with Gasteiger partial charge < -0.3 is 19.6 Å². The van der Waals surface area contributed by atoms with Gasteiger partial charge in [0.15, 0.2) is 0 Å². The van der Waals surface area contributed by atoms with E-state index >= 15 is 0 Å². The Balaban J connectivity index is 2.05. The van der Waals surface area contributed by atoms with Crippen LogP contribution in [0.5, 0.6) is 5.75 Å². The van der Waals surface area contributed by atoms with Crippen LogP contribution in [-0.4, -0.2) is 37.5 Å². The first-order chi connectivity index (χ1) is 10.4. The van der Waals surface area contributed by atoms with Gasteiger partial charge in [-0.1, -0.05) is 0 Å². The number of carbonyl (C=O) groups excluding carboxylic acids is 1. The molecule has 0 aliphatic carbocycles. The molecule has 1 aromatic carbocycles. The van der Waals surface area contributed by atoms with Crippen LogP contribution in [0.25, 0.3) is 0 Å². The summed E-state index contributed by atoms with van der Waals surface area (Å²) in [5.41, 5.74) is 3.03. The van der Waals surface area contributed by atoms with Gasteiger partial charge in [0, 0.05) is 5.56 Å². The van der Waals surface area contributed by atoms with Gasteiger partial charge in [-0.15, -0.1) is 18.3 Å². The van der Waals surface area contributed by atoms with Crippen molar-refractivity contribution in [1.82, 2.24) is 5.43 Å². The van der Waals surface area contributed by atoms with Crippen LogP contribution in [0.15, 0.2) is 29.4 Å². The van der Waals surface area contributed by atoms with E-state index in [1.807, 2.05) is 0 Å². The molecule has 0 bridgehead atoms. The lowest BCUT2D eigenvalue weighted by atomic mass is 10.2. The molecule has 1 unspecified atom stereocenters. The summed E-state index contributed by atoms with van der Waals surface area (Å²) in [5, 5.41) is 3.87. The molecule has 9 heteroatoms. The monoisotopic (exact) mass is 318 g/mol. The minimum absolute atomic E-state index is 0.0860. The molecule has 0 spiro atoms. The molecule has 0 saturated carbocycles. The molecule has 0 fully saturated rings. The number of nitrogens with one attached hydrogen (secondary N) is 1. The Bertz CT molecular complexity index is 557. The molecular weight excluding hydrogens is 305 g/mol. The summed E-state index contributed by atoms with van der Waals surface area (Å²) in [6.07, 6.45) is -5.62. The predicted octanol–water partition coefficient (Wildman–Crippen LogP) is 1.80. The van der Waals surface area contributed by atoms with Gasteiger partial charge in [-0.3, -0.25) is 0 Å². The SMILES string of the molecule is CCOC(=O)C1CNN=C(c2ccc(OC(F)(F)F)cc2)O1. The molecule has 1 N–H and O–H groups in total. The van der Waals surface area contributed by atoms with Crippen molar-refractivity contribution in [2.45, 2.75) is 19.4 Å². The number of hydrogen-bond acceptors (Lipinski definition) is 6. The third-order valence-corrected chi connectivity index (χ3v) is 2.60. The Labute approximate surface area is 123 Å². The molecule has 6 nitrogen and oxygen atoms in total. The molecule has 1 atom stereocenters. The van der Waals surface area contributed by atoms with Crippen molar-refractivity contribution in [2.75, 3.05) is 13.2 Å². The number of rotatable bonds is 4. The van der Waals surface area contributed by atoms with Gasteiger partial charge in [-0.05, 0) is 31.2 Å². The van der Waals surface area contributed by atoms with Gasteiger partial charge in [0.1, 0.15) is 5.75 Å². The number of alkyl halides is 3. The third-order valence-electron chi connectivity index (χ3n) is 2.60. The summed E-state index contributed by atoms with van der Waals surface area (Å²) < 4.78 is 50.2. The Kier molecular flexibility index (Phi) is 4.74. The average molecular weight is 318 g/mol. The number of nitrogens with zero attached hydrogens (tertiary/aromatic N) is 1. The van der Waals surface area contributed by atoms with Crippen molar-refractivity contribution in [3.05, 3.63) is 29.8 Å². The van der Waals surface area contributed by atoms with Crippen molar-refractivity contribution in [3.8, 4) is 5.75 Å². The number of hydrazone groups is 1. The van der Waals surface area contributed by atoms with E-state index in [-0.39, 0.29) is 24.8 Å². The van der Waals surface area contributed by atoms with E-state index in [2.05, 4.69) is 15.3 Å². The number of halogens is 3. The highest BCUT2D eigenvalue weighted by Crippen LogP contribution is 2.23. The maximum Gasteiger partial charge on any atom is 0.573 e. The Hall–Kier alpha value is -2.45. The smallest absolute Gasteiger partial charge is 0.463 e. The van der Waals surface area contributed by atoms with Crippen molar-refractivity contribution in [3.63, 3.8) is 0 Å². The number of carbonyl (C=O) groups is 1. The molecular formula is C13H13F3N2O4. The molecule has 1 aliphatic heterocycles. The molecule has 0 radical (unpaired) electrons. The third kappa shape index (κ3) is 4.27. The minimum Gasteiger partial charge on any atom is -0.463 e. The maximum atomic E-state index is 12.1. The van der Waals surface area contributed by atoms with E-state index in [4.69, 9.17) is 9.47 Å². The van der Waals surface area contributed by atoms with Crippen molar-refractivity contribution < 1.29 is 32.2 Å². The molecule has 22 heavy (non-hydrogen) atoms. The summed E-state index contributed by atoms with van der Waals surface area (Å²) in [6, 6.07) is 4.94. The van der Waals surface area contributed by atoms with Gasteiger partial charge in [0.2, 0.25) is 12.0 Å². The number of esters is 1. The fraction of sp³-hybridized carbons (Fsp3) is 0.385. The Morgan fingerprint density at radius 1 is 1.41 bits per heavy atom. The van der Waals surface area contributed by atoms with Crippen LogP contribution < -0.4 is 10.2 Å². The Morgan fingerprint density at radius 2 is 2.09 bits per heavy atom. The second-order valence-electron chi connectivity index (χ2n) is 4.21. The fourth-order valence-corrected chi connectivity index (χ4v) is 1.70. The predicted molar refractivity (Wildman–Crippen MR) is 69.2 cm³/mol. The highest BCUT2D eigenvalue weighted by atomic mass is 19.4. The van der Waals surface area contributed by atoms with Crippen LogP contribution in [0.1, 0.15) is 12.5 Å². The van der Waals surface area contributed by atoms with Crippen LogP contribution in [0.4, 0.5) is 13.2 Å². The molecule has 0 aromatic heterocycles. The summed E-state index contributed by atoms with van der Waals surface area (Å²) in [6.45, 7) is 2.04. The number of hydrogen-bond donors (Lipinski definition) is 1. The maximum absolute atomic E-state index is 12.1. The number of benzene rings is 1. The molecule has 120 valence electrons. The van der Waals surface area contributed by atoms with Crippen molar-refractivity contribution in [1.29, 1.82) is 0 Å².